The third-order valence-electron chi connectivity index (χ3n) is 5.94. The van der Waals surface area contributed by atoms with E-state index < -0.39 is 0 Å². The van der Waals surface area contributed by atoms with Gasteiger partial charge in [-0.15, -0.1) is 24.0 Å². The summed E-state index contributed by atoms with van der Waals surface area (Å²) in [6.07, 6.45) is 2.41. The van der Waals surface area contributed by atoms with Gasteiger partial charge in [0.25, 0.3) is 0 Å². The van der Waals surface area contributed by atoms with Gasteiger partial charge in [0.1, 0.15) is 0 Å². The van der Waals surface area contributed by atoms with Crippen molar-refractivity contribution in [3.63, 3.8) is 0 Å². The van der Waals surface area contributed by atoms with Gasteiger partial charge in [-0.25, -0.2) is 0 Å². The van der Waals surface area contributed by atoms with Crippen LogP contribution in [0.15, 0.2) is 4.99 Å². The number of hydrogen-bond acceptors (Lipinski definition) is 4. The van der Waals surface area contributed by atoms with E-state index in [1.54, 1.807) is 0 Å². The number of aliphatic imine (C=N–C) groups is 1. The molecule has 0 aromatic carbocycles. The van der Waals surface area contributed by atoms with Gasteiger partial charge in [-0.05, 0) is 47.1 Å². The fourth-order valence-electron chi connectivity index (χ4n) is 3.93. The van der Waals surface area contributed by atoms with Crippen molar-refractivity contribution in [1.29, 1.82) is 0 Å². The number of likely N-dealkylation sites (N-methyl/N-ethyl adjacent to an activating group) is 1. The van der Waals surface area contributed by atoms with Crippen molar-refractivity contribution in [1.82, 2.24) is 25.3 Å². The Bertz CT molecular complexity index is 415. The van der Waals surface area contributed by atoms with Crippen molar-refractivity contribution >= 4 is 29.9 Å². The summed E-state index contributed by atoms with van der Waals surface area (Å²) in [5.41, 5.74) is 0. The van der Waals surface area contributed by atoms with Crippen LogP contribution in [0.25, 0.3) is 0 Å². The third kappa shape index (κ3) is 8.41. The summed E-state index contributed by atoms with van der Waals surface area (Å²) < 4.78 is 0. The molecule has 0 aromatic heterocycles. The second-order valence-corrected chi connectivity index (χ2v) is 8.09. The molecule has 0 amide bonds. The Morgan fingerprint density at radius 1 is 0.963 bits per heavy atom. The van der Waals surface area contributed by atoms with Gasteiger partial charge in [0, 0.05) is 63.9 Å². The molecule has 2 aliphatic rings. The molecule has 1 unspecified atom stereocenters. The Morgan fingerprint density at radius 3 is 2.11 bits per heavy atom. The van der Waals surface area contributed by atoms with Crippen LogP contribution in [-0.2, 0) is 0 Å². The number of rotatable bonds is 7. The van der Waals surface area contributed by atoms with Crippen LogP contribution in [0, 0.1) is 0 Å². The maximum Gasteiger partial charge on any atom is 0.191 e. The molecule has 0 saturated carbocycles. The highest BCUT2D eigenvalue weighted by molar-refractivity contribution is 14.0. The number of halogens is 1. The Kier molecular flexibility index (Phi) is 12.2. The highest BCUT2D eigenvalue weighted by Gasteiger charge is 2.22. The van der Waals surface area contributed by atoms with Crippen molar-refractivity contribution in [2.24, 2.45) is 4.99 Å². The van der Waals surface area contributed by atoms with Crippen LogP contribution in [0.5, 0.6) is 0 Å². The Balaban J connectivity index is 0.00000364. The SMILES string of the molecule is CCNC(=NCC(C)N1CCN(CC)CC1)NC1CCN(C(C)C)CC1.I. The van der Waals surface area contributed by atoms with Crippen molar-refractivity contribution in [3.8, 4) is 0 Å². The maximum atomic E-state index is 4.90. The van der Waals surface area contributed by atoms with Crippen LogP contribution in [0.3, 0.4) is 0 Å². The van der Waals surface area contributed by atoms with Crippen molar-refractivity contribution < 1.29 is 0 Å². The molecule has 0 aliphatic carbocycles. The lowest BCUT2D eigenvalue weighted by Gasteiger charge is -2.37. The molecule has 0 spiro atoms. The van der Waals surface area contributed by atoms with Gasteiger partial charge in [-0.3, -0.25) is 9.89 Å². The second-order valence-electron chi connectivity index (χ2n) is 8.09. The Morgan fingerprint density at radius 2 is 1.59 bits per heavy atom. The minimum absolute atomic E-state index is 0. The summed E-state index contributed by atoms with van der Waals surface area (Å²) in [6, 6.07) is 1.71. The summed E-state index contributed by atoms with van der Waals surface area (Å²) in [6.45, 7) is 21.3. The fraction of sp³-hybridized carbons (Fsp3) is 0.950. The first-order chi connectivity index (χ1) is 12.5. The molecule has 2 N–H and O–H groups in total. The Hall–Kier alpha value is -0.120. The topological polar surface area (TPSA) is 46.1 Å². The molecule has 0 bridgehead atoms. The van der Waals surface area contributed by atoms with Crippen LogP contribution >= 0.6 is 24.0 Å². The standard InChI is InChI=1S/C20H42N6.HI/c1-6-21-20(23-19-8-10-25(11-9-19)17(3)4)22-16-18(5)26-14-12-24(7-2)13-15-26;/h17-19H,6-16H2,1-5H3,(H2,21,22,23);1H. The van der Waals surface area contributed by atoms with E-state index in [2.05, 4.69) is 60.0 Å². The summed E-state index contributed by atoms with van der Waals surface area (Å²) in [5.74, 6) is 0.995. The molecule has 2 fully saturated rings. The van der Waals surface area contributed by atoms with Crippen LogP contribution in [-0.4, -0.2) is 97.7 Å². The number of nitrogens with zero attached hydrogens (tertiary/aromatic N) is 4. The molecule has 2 rings (SSSR count). The fourth-order valence-corrected chi connectivity index (χ4v) is 3.93. The Labute approximate surface area is 184 Å². The number of likely N-dealkylation sites (tertiary alicyclic amines) is 1. The number of nitrogens with one attached hydrogen (secondary N) is 2. The number of piperazine rings is 1. The van der Waals surface area contributed by atoms with Crippen LogP contribution < -0.4 is 10.6 Å². The minimum Gasteiger partial charge on any atom is -0.357 e. The number of hydrogen-bond donors (Lipinski definition) is 2. The van der Waals surface area contributed by atoms with Crippen molar-refractivity contribution in [2.75, 3.05) is 58.9 Å². The summed E-state index contributed by atoms with van der Waals surface area (Å²) in [7, 11) is 0. The molecule has 1 atom stereocenters. The molecule has 2 heterocycles. The van der Waals surface area contributed by atoms with E-state index in [4.69, 9.17) is 4.99 Å². The number of piperidine rings is 1. The van der Waals surface area contributed by atoms with E-state index in [-0.39, 0.29) is 24.0 Å². The van der Waals surface area contributed by atoms with Crippen LogP contribution in [0.1, 0.15) is 47.5 Å². The molecule has 160 valence electrons. The molecule has 2 aliphatic heterocycles. The largest absolute Gasteiger partial charge is 0.357 e. The molecule has 0 aromatic rings. The van der Waals surface area contributed by atoms with Gasteiger partial charge in [0.2, 0.25) is 0 Å². The molecule has 7 heteroatoms. The molecule has 2 saturated heterocycles. The molecule has 6 nitrogen and oxygen atoms in total. The summed E-state index contributed by atoms with van der Waals surface area (Å²) in [4.78, 5) is 12.6. The zero-order chi connectivity index (χ0) is 18.9. The normalized spacial score (nSPS) is 22.5. The van der Waals surface area contributed by atoms with E-state index in [0.29, 0.717) is 18.1 Å². The van der Waals surface area contributed by atoms with E-state index in [1.165, 1.54) is 58.7 Å². The van der Waals surface area contributed by atoms with Gasteiger partial charge in [-0.1, -0.05) is 6.92 Å². The maximum absolute atomic E-state index is 4.90. The average Bonchev–Trinajstić information content (AvgIpc) is 2.66. The molecular formula is C20H43IN6. The van der Waals surface area contributed by atoms with Crippen LogP contribution in [0.2, 0.25) is 0 Å². The lowest BCUT2D eigenvalue weighted by molar-refractivity contribution is 0.109. The zero-order valence-electron chi connectivity index (χ0n) is 18.2. The van der Waals surface area contributed by atoms with Gasteiger partial charge in [0.15, 0.2) is 5.96 Å². The lowest BCUT2D eigenvalue weighted by atomic mass is 10.0. The molecule has 0 radical (unpaired) electrons. The minimum atomic E-state index is 0. The quantitative estimate of drug-likeness (QED) is 0.323. The predicted octanol–water partition coefficient (Wildman–Crippen LogP) is 2.06. The van der Waals surface area contributed by atoms with Gasteiger partial charge in [0.05, 0.1) is 6.54 Å². The first-order valence-electron chi connectivity index (χ1n) is 10.8. The predicted molar refractivity (Wildman–Crippen MR) is 127 cm³/mol. The van der Waals surface area contributed by atoms with Gasteiger partial charge >= 0.3 is 0 Å². The highest BCUT2D eigenvalue weighted by atomic mass is 127. The van der Waals surface area contributed by atoms with Gasteiger partial charge in [-0.2, -0.15) is 0 Å². The highest BCUT2D eigenvalue weighted by Crippen LogP contribution is 2.13. The second kappa shape index (κ2) is 13.2. The zero-order valence-corrected chi connectivity index (χ0v) is 20.5. The smallest absolute Gasteiger partial charge is 0.191 e. The van der Waals surface area contributed by atoms with E-state index in [1.807, 2.05) is 0 Å². The van der Waals surface area contributed by atoms with Crippen LogP contribution in [0.4, 0.5) is 0 Å². The monoisotopic (exact) mass is 494 g/mol. The first-order valence-corrected chi connectivity index (χ1v) is 10.8. The average molecular weight is 495 g/mol. The van der Waals surface area contributed by atoms with Gasteiger partial charge < -0.3 is 20.4 Å². The lowest BCUT2D eigenvalue weighted by Crippen LogP contribution is -2.51. The van der Waals surface area contributed by atoms with E-state index in [0.717, 1.165) is 19.0 Å². The summed E-state index contributed by atoms with van der Waals surface area (Å²) in [5, 5.41) is 7.11. The van der Waals surface area contributed by atoms with E-state index >= 15 is 0 Å². The third-order valence-corrected chi connectivity index (χ3v) is 5.94. The first kappa shape index (κ1) is 24.9. The van der Waals surface area contributed by atoms with E-state index in [9.17, 15) is 0 Å². The molecule has 27 heavy (non-hydrogen) atoms. The van der Waals surface area contributed by atoms with Crippen molar-refractivity contribution in [2.45, 2.75) is 65.6 Å². The number of guanidine groups is 1. The summed E-state index contributed by atoms with van der Waals surface area (Å²) >= 11 is 0. The van der Waals surface area contributed by atoms with Crippen molar-refractivity contribution in [3.05, 3.63) is 0 Å². The molecular weight excluding hydrogens is 451 g/mol.